The van der Waals surface area contributed by atoms with Gasteiger partial charge in [0, 0.05) is 91.9 Å². The first-order valence-electron chi connectivity index (χ1n) is 20.0. The van der Waals surface area contributed by atoms with Crippen LogP contribution in [0, 0.1) is 28.1 Å². The molecule has 8 rings (SSSR count). The number of carbonyl (C=O) groups excluding carboxylic acids is 3. The van der Waals surface area contributed by atoms with E-state index in [1.165, 1.54) is 12.3 Å². The van der Waals surface area contributed by atoms with Crippen LogP contribution in [-0.4, -0.2) is 85.6 Å². The van der Waals surface area contributed by atoms with Crippen LogP contribution in [0.5, 0.6) is 5.75 Å². The lowest BCUT2D eigenvalue weighted by Crippen LogP contribution is -2.74. The Morgan fingerprint density at radius 3 is 2.16 bits per heavy atom. The second-order valence-corrected chi connectivity index (χ2v) is 17.5. The van der Waals surface area contributed by atoms with Crippen molar-refractivity contribution in [3.8, 4) is 11.8 Å². The molecule has 0 radical (unpaired) electrons. The van der Waals surface area contributed by atoms with Gasteiger partial charge in [0.1, 0.15) is 23.6 Å². The summed E-state index contributed by atoms with van der Waals surface area (Å²) in [6.45, 7) is 14.8. The second-order valence-electron chi connectivity index (χ2n) is 17.1. The fourth-order valence-electron chi connectivity index (χ4n) is 9.79. The van der Waals surface area contributed by atoms with E-state index in [1.54, 1.807) is 36.4 Å². The fourth-order valence-corrected chi connectivity index (χ4v) is 10.0. The molecular formula is C45H48ClN7O5. The Morgan fingerprint density at radius 2 is 1.50 bits per heavy atom. The first kappa shape index (κ1) is 39.2. The molecule has 58 heavy (non-hydrogen) atoms. The lowest BCUT2D eigenvalue weighted by atomic mass is 9.49. The lowest BCUT2D eigenvalue weighted by molar-refractivity contribution is -0.164. The Balaban J connectivity index is 0.796. The van der Waals surface area contributed by atoms with Crippen LogP contribution in [-0.2, 0) is 0 Å². The third kappa shape index (κ3) is 7.11. The van der Waals surface area contributed by atoms with Gasteiger partial charge in [-0.25, -0.2) is 4.90 Å². The van der Waals surface area contributed by atoms with Crippen LogP contribution in [0.2, 0.25) is 5.02 Å². The Labute approximate surface area is 343 Å². The largest absolute Gasteiger partial charge is 0.489 e. The number of piperazine rings is 1. The zero-order chi connectivity index (χ0) is 40.9. The number of aromatic amines is 1. The molecule has 2 saturated heterocycles. The number of hydrogen-bond acceptors (Lipinski definition) is 9. The van der Waals surface area contributed by atoms with Crippen molar-refractivity contribution in [2.75, 3.05) is 60.5 Å². The van der Waals surface area contributed by atoms with Crippen LogP contribution < -0.4 is 30.3 Å². The summed E-state index contributed by atoms with van der Waals surface area (Å²) in [6.07, 6.45) is 3.48. The molecule has 1 saturated carbocycles. The van der Waals surface area contributed by atoms with E-state index in [0.717, 1.165) is 74.9 Å². The van der Waals surface area contributed by atoms with Crippen molar-refractivity contribution in [2.24, 2.45) is 16.7 Å². The number of imide groups is 1. The topological polar surface area (TPSA) is 142 Å². The standard InChI is InChI=1S/C45H48ClN7O5/c1-44(2)42(45(3,4)43(44)58-33-13-9-30(26-47)36(46)25-33)49-38(54)29-7-10-31(11-8-29)51-18-15-28(16-19-51)27-50-20-22-52(23-21-50)32-12-14-34-35(24-32)41(57)53(40(34)56)37-6-5-17-48-39(37)55/h5-14,17,24-25,28,42-43H,15-16,18-23,27H2,1-4H3,(H,48,55)(H,49,54)/t42-,43-. The van der Waals surface area contributed by atoms with E-state index in [4.69, 9.17) is 16.3 Å². The quantitative estimate of drug-likeness (QED) is 0.185. The average Bonchev–Trinajstić information content (AvgIpc) is 3.47. The molecule has 13 heteroatoms. The summed E-state index contributed by atoms with van der Waals surface area (Å²) in [6, 6.07) is 23.4. The van der Waals surface area contributed by atoms with Gasteiger partial charge < -0.3 is 24.8 Å². The number of H-pyrrole nitrogens is 1. The maximum absolute atomic E-state index is 13.5. The molecule has 3 aromatic carbocycles. The number of anilines is 3. The van der Waals surface area contributed by atoms with Gasteiger partial charge in [-0.15, -0.1) is 0 Å². The van der Waals surface area contributed by atoms with Crippen LogP contribution in [0.15, 0.2) is 83.8 Å². The zero-order valence-electron chi connectivity index (χ0n) is 33.3. The number of pyridine rings is 1. The van der Waals surface area contributed by atoms with Gasteiger partial charge in [-0.2, -0.15) is 5.26 Å². The Bertz CT molecular complexity index is 2340. The summed E-state index contributed by atoms with van der Waals surface area (Å²) in [5.74, 6) is 0.135. The molecule has 12 nitrogen and oxygen atoms in total. The number of amides is 3. The summed E-state index contributed by atoms with van der Waals surface area (Å²) in [5, 5.41) is 12.9. The monoisotopic (exact) mass is 801 g/mol. The highest BCUT2D eigenvalue weighted by atomic mass is 35.5. The van der Waals surface area contributed by atoms with E-state index >= 15 is 0 Å². The summed E-state index contributed by atoms with van der Waals surface area (Å²) >= 11 is 6.25. The SMILES string of the molecule is CC1(C)[C@H](NC(=O)c2ccc(N3CCC(CN4CCN(c5ccc6c(c5)C(=O)N(c5ccc[nH]c5=O)C6=O)CC4)CC3)cc2)C(C)(C)[C@H]1Oc1ccc(C#N)c(Cl)c1. The number of nitrogens with one attached hydrogen (secondary N) is 2. The molecule has 4 heterocycles. The Hall–Kier alpha value is -5.64. The zero-order valence-corrected chi connectivity index (χ0v) is 34.0. The number of halogens is 1. The summed E-state index contributed by atoms with van der Waals surface area (Å²) in [4.78, 5) is 62.9. The van der Waals surface area contributed by atoms with Gasteiger partial charge in [-0.3, -0.25) is 24.1 Å². The molecular weight excluding hydrogens is 754 g/mol. The van der Waals surface area contributed by atoms with Gasteiger partial charge in [-0.05, 0) is 85.5 Å². The predicted molar refractivity (Wildman–Crippen MR) is 224 cm³/mol. The average molecular weight is 802 g/mol. The van der Waals surface area contributed by atoms with Crippen LogP contribution in [0.25, 0.3) is 0 Å². The minimum absolute atomic E-state index is 0.0290. The van der Waals surface area contributed by atoms with Crippen molar-refractivity contribution in [3.63, 3.8) is 0 Å². The molecule has 0 atom stereocenters. The van der Waals surface area contributed by atoms with Gasteiger partial charge in [0.05, 0.1) is 21.7 Å². The van der Waals surface area contributed by atoms with E-state index in [1.807, 2.05) is 30.3 Å². The van der Waals surface area contributed by atoms with Crippen molar-refractivity contribution in [2.45, 2.75) is 52.7 Å². The van der Waals surface area contributed by atoms with Gasteiger partial charge >= 0.3 is 0 Å². The van der Waals surface area contributed by atoms with Crippen LogP contribution in [0.4, 0.5) is 17.1 Å². The highest BCUT2D eigenvalue weighted by Crippen LogP contribution is 2.55. The molecule has 2 N–H and O–H groups in total. The molecule has 4 aromatic rings. The van der Waals surface area contributed by atoms with Crippen LogP contribution in [0.3, 0.4) is 0 Å². The molecule has 4 aliphatic rings. The smallest absolute Gasteiger partial charge is 0.272 e. The summed E-state index contributed by atoms with van der Waals surface area (Å²) in [5.41, 5.74) is 2.54. The number of nitrogens with zero attached hydrogens (tertiary/aromatic N) is 5. The number of rotatable bonds is 9. The van der Waals surface area contributed by atoms with Crippen molar-refractivity contribution in [1.29, 1.82) is 5.26 Å². The van der Waals surface area contributed by atoms with Gasteiger partial charge in [0.25, 0.3) is 23.3 Å². The molecule has 3 amide bonds. The fraction of sp³-hybridized carbons (Fsp3) is 0.400. The minimum atomic E-state index is -0.482. The highest BCUT2D eigenvalue weighted by molar-refractivity contribution is 6.34. The molecule has 1 aromatic heterocycles. The molecule has 300 valence electrons. The predicted octanol–water partition coefficient (Wildman–Crippen LogP) is 6.35. The Kier molecular flexibility index (Phi) is 10.3. The number of fused-ring (bicyclic) bond motifs is 1. The van der Waals surface area contributed by atoms with E-state index in [9.17, 15) is 24.4 Å². The highest BCUT2D eigenvalue weighted by Gasteiger charge is 2.64. The molecule has 3 aliphatic heterocycles. The molecule has 1 aliphatic carbocycles. The van der Waals surface area contributed by atoms with Crippen molar-refractivity contribution in [1.82, 2.24) is 15.2 Å². The maximum atomic E-state index is 13.5. The maximum Gasteiger partial charge on any atom is 0.272 e. The molecule has 0 unspecified atom stereocenters. The number of hydrogen-bond donors (Lipinski definition) is 2. The van der Waals surface area contributed by atoms with Crippen molar-refractivity contribution in [3.05, 3.63) is 117 Å². The first-order valence-corrected chi connectivity index (χ1v) is 20.3. The number of aromatic nitrogens is 1. The number of carbonyl (C=O) groups is 3. The number of nitriles is 1. The van der Waals surface area contributed by atoms with E-state index in [0.29, 0.717) is 38.9 Å². The Morgan fingerprint density at radius 1 is 0.845 bits per heavy atom. The number of piperidine rings is 1. The second kappa shape index (κ2) is 15.3. The first-order chi connectivity index (χ1) is 27.8. The van der Waals surface area contributed by atoms with E-state index < -0.39 is 17.4 Å². The lowest BCUT2D eigenvalue weighted by Gasteiger charge is -2.63. The van der Waals surface area contributed by atoms with E-state index in [-0.39, 0.29) is 34.6 Å². The minimum Gasteiger partial charge on any atom is -0.489 e. The summed E-state index contributed by atoms with van der Waals surface area (Å²) in [7, 11) is 0. The van der Waals surface area contributed by atoms with Gasteiger partial charge in [0.15, 0.2) is 0 Å². The third-order valence-corrected chi connectivity index (χ3v) is 13.0. The molecule has 3 fully saturated rings. The van der Waals surface area contributed by atoms with Crippen molar-refractivity contribution < 1.29 is 19.1 Å². The summed E-state index contributed by atoms with van der Waals surface area (Å²) < 4.78 is 6.38. The van der Waals surface area contributed by atoms with Crippen LogP contribution in [0.1, 0.15) is 77.2 Å². The van der Waals surface area contributed by atoms with Crippen LogP contribution >= 0.6 is 11.6 Å². The third-order valence-electron chi connectivity index (χ3n) is 12.7. The van der Waals surface area contributed by atoms with E-state index in [2.05, 4.69) is 58.8 Å². The number of ether oxygens (including phenoxy) is 1. The van der Waals surface area contributed by atoms with Crippen molar-refractivity contribution >= 4 is 46.4 Å². The normalized spacial score (nSPS) is 21.6. The molecule has 0 bridgehead atoms. The van der Waals surface area contributed by atoms with Gasteiger partial charge in [0.2, 0.25) is 0 Å². The number of benzene rings is 3. The van der Waals surface area contributed by atoms with Gasteiger partial charge in [-0.1, -0.05) is 39.3 Å². The molecule has 0 spiro atoms.